The number of aromatic nitrogens is 1. The number of furan rings is 1. The molecule has 2 heterocycles. The molecule has 2 rings (SSSR count). The van der Waals surface area contributed by atoms with Gasteiger partial charge in [-0.25, -0.2) is 0 Å². The van der Waals surface area contributed by atoms with Gasteiger partial charge in [0.2, 0.25) is 5.22 Å². The number of nitrogens with zero attached hydrogens (tertiary/aromatic N) is 1. The van der Waals surface area contributed by atoms with Crippen molar-refractivity contribution in [3.8, 4) is 0 Å². The molecule has 0 aliphatic carbocycles. The van der Waals surface area contributed by atoms with E-state index in [0.717, 1.165) is 0 Å². The van der Waals surface area contributed by atoms with Gasteiger partial charge in [0.15, 0.2) is 0 Å². The van der Waals surface area contributed by atoms with Crippen molar-refractivity contribution >= 4 is 23.5 Å². The molecule has 2 aromatic rings. The molecule has 0 aromatic carbocycles. The Bertz CT molecular complexity index is 489. The number of rotatable bonds is 2. The Morgan fingerprint density at radius 3 is 2.87 bits per heavy atom. The molecule has 0 bridgehead atoms. The second-order valence-electron chi connectivity index (χ2n) is 2.86. The molecule has 0 spiro atoms. The maximum Gasteiger partial charge on any atom is 0.301 e. The summed E-state index contributed by atoms with van der Waals surface area (Å²) in [7, 11) is 0. The maximum absolute atomic E-state index is 11.5. The maximum atomic E-state index is 11.5. The van der Waals surface area contributed by atoms with Gasteiger partial charge in [-0.3, -0.25) is 10.1 Å². The highest BCUT2D eigenvalue weighted by Crippen LogP contribution is 2.18. The third kappa shape index (κ3) is 2.02. The van der Waals surface area contributed by atoms with Crippen LogP contribution < -0.4 is 5.32 Å². The third-order valence-electron chi connectivity index (χ3n) is 1.70. The fourth-order valence-corrected chi connectivity index (χ4v) is 1.23. The number of oxazole rings is 1. The van der Waals surface area contributed by atoms with Crippen LogP contribution in [0, 0.1) is 6.92 Å². The average Bonchev–Trinajstić information content (AvgIpc) is 2.75. The number of halogens is 1. The summed E-state index contributed by atoms with van der Waals surface area (Å²) >= 11 is 5.63. The molecule has 6 heteroatoms. The average molecular weight is 227 g/mol. The molecule has 0 saturated carbocycles. The molecule has 15 heavy (non-hydrogen) atoms. The van der Waals surface area contributed by atoms with E-state index in [1.54, 1.807) is 6.92 Å². The molecule has 5 nitrogen and oxygen atoms in total. The summed E-state index contributed by atoms with van der Waals surface area (Å²) in [4.78, 5) is 15.5. The fourth-order valence-electron chi connectivity index (χ4n) is 1.03. The molecule has 0 radical (unpaired) electrons. The summed E-state index contributed by atoms with van der Waals surface area (Å²) in [6.45, 7) is 1.75. The Morgan fingerprint density at radius 2 is 2.33 bits per heavy atom. The number of hydrogen-bond donors (Lipinski definition) is 1. The van der Waals surface area contributed by atoms with E-state index in [1.807, 2.05) is 0 Å². The first-order valence-corrected chi connectivity index (χ1v) is 4.51. The van der Waals surface area contributed by atoms with Gasteiger partial charge in [0.05, 0.1) is 17.5 Å². The summed E-state index contributed by atoms with van der Waals surface area (Å²) in [5.74, 6) is -0.421. The Morgan fingerprint density at radius 1 is 1.53 bits per heavy atom. The van der Waals surface area contributed by atoms with Gasteiger partial charge in [0.1, 0.15) is 6.26 Å². The van der Waals surface area contributed by atoms with E-state index in [4.69, 9.17) is 20.4 Å². The lowest BCUT2D eigenvalue weighted by Crippen LogP contribution is -2.11. The SMILES string of the molecule is Cc1coc(NC(=O)c2ccoc2Cl)n1. The molecule has 1 N–H and O–H groups in total. The van der Waals surface area contributed by atoms with Crippen LogP contribution in [0.15, 0.2) is 27.4 Å². The van der Waals surface area contributed by atoms with Gasteiger partial charge in [-0.1, -0.05) is 0 Å². The standard InChI is InChI=1S/C9H7ClN2O3/c1-5-4-15-9(11-5)12-8(13)6-2-3-14-7(6)10/h2-4H,1H3,(H,11,12,13). The van der Waals surface area contributed by atoms with Gasteiger partial charge >= 0.3 is 6.01 Å². The van der Waals surface area contributed by atoms with Crippen LogP contribution in [-0.4, -0.2) is 10.9 Å². The van der Waals surface area contributed by atoms with Crippen LogP contribution >= 0.6 is 11.6 Å². The first kappa shape index (κ1) is 9.79. The summed E-state index contributed by atoms with van der Waals surface area (Å²) in [5, 5.41) is 2.48. The van der Waals surface area contributed by atoms with Crippen molar-refractivity contribution in [1.29, 1.82) is 0 Å². The normalized spacial score (nSPS) is 10.3. The zero-order valence-corrected chi connectivity index (χ0v) is 8.54. The van der Waals surface area contributed by atoms with E-state index in [2.05, 4.69) is 10.3 Å². The number of hydrogen-bond acceptors (Lipinski definition) is 4. The molecule has 78 valence electrons. The summed E-state index contributed by atoms with van der Waals surface area (Å²) in [6.07, 6.45) is 2.77. The van der Waals surface area contributed by atoms with E-state index in [-0.39, 0.29) is 16.8 Å². The van der Waals surface area contributed by atoms with Crippen LogP contribution in [0.25, 0.3) is 0 Å². The Balaban J connectivity index is 2.14. The molecule has 0 atom stereocenters. The molecule has 0 aliphatic heterocycles. The van der Waals surface area contributed by atoms with Gasteiger partial charge in [0.25, 0.3) is 5.91 Å². The predicted octanol–water partition coefficient (Wildman–Crippen LogP) is 2.48. The number of carbonyl (C=O) groups is 1. The molecule has 0 fully saturated rings. The van der Waals surface area contributed by atoms with Crippen LogP contribution in [0.5, 0.6) is 0 Å². The quantitative estimate of drug-likeness (QED) is 0.854. The molecule has 0 aliphatic rings. The molecule has 1 amide bonds. The minimum Gasteiger partial charge on any atom is -0.452 e. The van der Waals surface area contributed by atoms with Crippen molar-refractivity contribution in [2.24, 2.45) is 0 Å². The lowest BCUT2D eigenvalue weighted by atomic mass is 10.3. The van der Waals surface area contributed by atoms with Crippen LogP contribution in [0.2, 0.25) is 5.22 Å². The highest BCUT2D eigenvalue weighted by atomic mass is 35.5. The van der Waals surface area contributed by atoms with Crippen molar-refractivity contribution in [1.82, 2.24) is 4.98 Å². The minimum atomic E-state index is -0.421. The van der Waals surface area contributed by atoms with E-state index < -0.39 is 5.91 Å². The molecule has 2 aromatic heterocycles. The summed E-state index contributed by atoms with van der Waals surface area (Å²) < 4.78 is 9.74. The van der Waals surface area contributed by atoms with Crippen molar-refractivity contribution in [3.63, 3.8) is 0 Å². The van der Waals surface area contributed by atoms with E-state index in [1.165, 1.54) is 18.6 Å². The Kier molecular flexibility index (Phi) is 2.47. The molecule has 0 unspecified atom stereocenters. The lowest BCUT2D eigenvalue weighted by molar-refractivity contribution is 0.102. The van der Waals surface area contributed by atoms with Crippen molar-refractivity contribution in [2.75, 3.05) is 5.32 Å². The highest BCUT2D eigenvalue weighted by Gasteiger charge is 2.14. The van der Waals surface area contributed by atoms with Gasteiger partial charge in [0, 0.05) is 0 Å². The van der Waals surface area contributed by atoms with E-state index >= 15 is 0 Å². The van der Waals surface area contributed by atoms with Gasteiger partial charge < -0.3 is 8.83 Å². The predicted molar refractivity (Wildman–Crippen MR) is 52.9 cm³/mol. The van der Waals surface area contributed by atoms with Crippen molar-refractivity contribution < 1.29 is 13.6 Å². The molecular formula is C9H7ClN2O3. The summed E-state index contributed by atoms with van der Waals surface area (Å²) in [6, 6.07) is 1.60. The first-order valence-electron chi connectivity index (χ1n) is 4.13. The second-order valence-corrected chi connectivity index (χ2v) is 3.20. The van der Waals surface area contributed by atoms with Crippen LogP contribution in [0.1, 0.15) is 16.1 Å². The largest absolute Gasteiger partial charge is 0.452 e. The molecule has 0 saturated heterocycles. The number of anilines is 1. The van der Waals surface area contributed by atoms with Gasteiger partial charge in [-0.15, -0.1) is 0 Å². The van der Waals surface area contributed by atoms with Crippen LogP contribution in [-0.2, 0) is 0 Å². The first-order chi connectivity index (χ1) is 7.16. The van der Waals surface area contributed by atoms with Crippen molar-refractivity contribution in [3.05, 3.63) is 35.1 Å². The van der Waals surface area contributed by atoms with Gasteiger partial charge in [-0.05, 0) is 24.6 Å². The number of nitrogens with one attached hydrogen (secondary N) is 1. The van der Waals surface area contributed by atoms with Crippen LogP contribution in [0.4, 0.5) is 6.01 Å². The smallest absolute Gasteiger partial charge is 0.301 e. The number of aryl methyl sites for hydroxylation is 1. The Labute approximate surface area is 90.0 Å². The van der Waals surface area contributed by atoms with E-state index in [0.29, 0.717) is 5.69 Å². The lowest BCUT2D eigenvalue weighted by Gasteiger charge is -1.96. The monoisotopic (exact) mass is 226 g/mol. The van der Waals surface area contributed by atoms with E-state index in [9.17, 15) is 4.79 Å². The number of amides is 1. The fraction of sp³-hybridized carbons (Fsp3) is 0.111. The number of carbonyl (C=O) groups excluding carboxylic acids is 1. The molecular weight excluding hydrogens is 220 g/mol. The summed E-state index contributed by atoms with van der Waals surface area (Å²) in [5.41, 5.74) is 0.927. The van der Waals surface area contributed by atoms with Gasteiger partial charge in [-0.2, -0.15) is 4.98 Å². The zero-order chi connectivity index (χ0) is 10.8. The van der Waals surface area contributed by atoms with Crippen LogP contribution in [0.3, 0.4) is 0 Å². The minimum absolute atomic E-state index is 0.0378. The third-order valence-corrected chi connectivity index (χ3v) is 1.99. The topological polar surface area (TPSA) is 68.3 Å². The second kappa shape index (κ2) is 3.78. The zero-order valence-electron chi connectivity index (χ0n) is 7.78. The van der Waals surface area contributed by atoms with Crippen molar-refractivity contribution in [2.45, 2.75) is 6.92 Å². The highest BCUT2D eigenvalue weighted by molar-refractivity contribution is 6.32. The Hall–Kier alpha value is -1.75.